The molecule has 0 bridgehead atoms. The maximum Gasteiger partial charge on any atom is 0.416 e. The Morgan fingerprint density at radius 2 is 1.97 bits per heavy atom. The van der Waals surface area contributed by atoms with Crippen molar-refractivity contribution in [1.82, 2.24) is 24.5 Å². The quantitative estimate of drug-likeness (QED) is 0.529. The molecule has 1 saturated heterocycles. The maximum absolute atomic E-state index is 12.8. The maximum atomic E-state index is 12.8. The zero-order chi connectivity index (χ0) is 24.5. The third-order valence-electron chi connectivity index (χ3n) is 5.74. The number of likely N-dealkylation sites (tertiary alicyclic amines) is 1. The van der Waals surface area contributed by atoms with E-state index in [9.17, 15) is 23.1 Å². The summed E-state index contributed by atoms with van der Waals surface area (Å²) in [5.74, 6) is 0. The van der Waals surface area contributed by atoms with Crippen LogP contribution in [0.5, 0.6) is 0 Å². The van der Waals surface area contributed by atoms with E-state index >= 15 is 0 Å². The average molecular weight is 475 g/mol. The van der Waals surface area contributed by atoms with Crippen molar-refractivity contribution < 1.29 is 23.0 Å². The Morgan fingerprint density at radius 3 is 2.59 bits per heavy atom. The number of hydrogen-bond donors (Lipinski definition) is 1. The number of halogens is 3. The molecule has 34 heavy (non-hydrogen) atoms. The Morgan fingerprint density at radius 1 is 1.24 bits per heavy atom. The van der Waals surface area contributed by atoms with Gasteiger partial charge in [-0.05, 0) is 29.8 Å². The number of aliphatic hydroxyl groups excluding tert-OH is 1. The molecule has 0 radical (unpaired) electrons. The number of benzene rings is 1. The highest BCUT2D eigenvalue weighted by atomic mass is 19.4. The highest BCUT2D eigenvalue weighted by Gasteiger charge is 2.38. The summed E-state index contributed by atoms with van der Waals surface area (Å²) in [7, 11) is 1.77. The van der Waals surface area contributed by atoms with Gasteiger partial charge in [-0.3, -0.25) is 14.4 Å². The molecule has 1 N–H and O–H groups in total. The van der Waals surface area contributed by atoms with E-state index in [1.807, 2.05) is 0 Å². The molecule has 180 valence electrons. The number of rotatable bonds is 7. The molecule has 2 aromatic heterocycles. The molecule has 0 aliphatic carbocycles. The van der Waals surface area contributed by atoms with Crippen LogP contribution in [-0.2, 0) is 24.6 Å². The van der Waals surface area contributed by atoms with Crippen molar-refractivity contribution in [3.8, 4) is 11.3 Å². The molecule has 0 saturated carbocycles. The summed E-state index contributed by atoms with van der Waals surface area (Å²) in [5, 5.41) is 18.9. The number of aromatic nitrogens is 4. The third kappa shape index (κ3) is 5.11. The summed E-state index contributed by atoms with van der Waals surface area (Å²) in [6.07, 6.45) is -1.12. The molecular formula is C23H24F3N5O3. The summed E-state index contributed by atoms with van der Waals surface area (Å²) >= 11 is 0. The Labute approximate surface area is 193 Å². The summed E-state index contributed by atoms with van der Waals surface area (Å²) in [6.45, 7) is 4.20. The van der Waals surface area contributed by atoms with Gasteiger partial charge in [0.2, 0.25) is 0 Å². The van der Waals surface area contributed by atoms with Crippen molar-refractivity contribution in [1.29, 1.82) is 0 Å². The van der Waals surface area contributed by atoms with Crippen LogP contribution in [0.25, 0.3) is 11.3 Å². The van der Waals surface area contributed by atoms with Crippen LogP contribution < -0.4 is 5.56 Å². The lowest BCUT2D eigenvalue weighted by Crippen LogP contribution is -2.35. The fraction of sp³-hybridized carbons (Fsp3) is 0.348. The van der Waals surface area contributed by atoms with E-state index < -0.39 is 30.1 Å². The minimum absolute atomic E-state index is 0.0361. The number of ether oxygens (including phenoxy) is 1. The number of aliphatic hydroxyl groups is 1. The SMILES string of the molecule is C=CC(O)N1C[C@@H](n2nc(-c3cnn(C)c3)ccc2=O)[C@H](OCc2ccc(C(F)(F)F)cc2)C1. The second-order valence-corrected chi connectivity index (χ2v) is 8.12. The number of aryl methyl sites for hydroxylation is 1. The van der Waals surface area contributed by atoms with Crippen molar-refractivity contribution in [2.75, 3.05) is 13.1 Å². The smallest absolute Gasteiger partial charge is 0.375 e. The second kappa shape index (κ2) is 9.53. The molecule has 11 heteroatoms. The van der Waals surface area contributed by atoms with Crippen LogP contribution in [0.1, 0.15) is 17.2 Å². The fourth-order valence-corrected chi connectivity index (χ4v) is 3.91. The van der Waals surface area contributed by atoms with E-state index in [1.54, 1.807) is 35.1 Å². The van der Waals surface area contributed by atoms with Crippen LogP contribution in [0.15, 0.2) is 66.2 Å². The monoisotopic (exact) mass is 475 g/mol. The van der Waals surface area contributed by atoms with Gasteiger partial charge in [-0.2, -0.15) is 23.4 Å². The molecule has 1 fully saturated rings. The van der Waals surface area contributed by atoms with Gasteiger partial charge in [0, 0.05) is 38.0 Å². The van der Waals surface area contributed by atoms with Crippen molar-refractivity contribution in [2.45, 2.75) is 31.2 Å². The first-order chi connectivity index (χ1) is 16.2. The van der Waals surface area contributed by atoms with Gasteiger partial charge in [0.1, 0.15) is 6.23 Å². The molecule has 1 unspecified atom stereocenters. The highest BCUT2D eigenvalue weighted by molar-refractivity contribution is 5.55. The Bertz CT molecular complexity index is 1210. The summed E-state index contributed by atoms with van der Waals surface area (Å²) < 4.78 is 47.5. The fourth-order valence-electron chi connectivity index (χ4n) is 3.91. The van der Waals surface area contributed by atoms with Crippen molar-refractivity contribution >= 4 is 0 Å². The van der Waals surface area contributed by atoms with Crippen molar-refractivity contribution in [3.63, 3.8) is 0 Å². The van der Waals surface area contributed by atoms with E-state index in [0.29, 0.717) is 11.3 Å². The molecule has 1 aliphatic heterocycles. The molecule has 3 aromatic rings. The summed E-state index contributed by atoms with van der Waals surface area (Å²) in [5.41, 5.74) is 0.768. The molecule has 0 spiro atoms. The van der Waals surface area contributed by atoms with Gasteiger partial charge in [0.15, 0.2) is 0 Å². The molecule has 1 aliphatic rings. The molecule has 0 amide bonds. The summed E-state index contributed by atoms with van der Waals surface area (Å²) in [4.78, 5) is 14.4. The number of alkyl halides is 3. The first kappa shape index (κ1) is 23.9. The lowest BCUT2D eigenvalue weighted by molar-refractivity contribution is -0.137. The van der Waals surface area contributed by atoms with Crippen molar-refractivity contribution in [3.05, 3.63) is 82.9 Å². The minimum Gasteiger partial charge on any atom is -0.375 e. The Balaban J connectivity index is 1.58. The number of nitrogens with zero attached hydrogens (tertiary/aromatic N) is 5. The average Bonchev–Trinajstić information content (AvgIpc) is 3.43. The lowest BCUT2D eigenvalue weighted by atomic mass is 10.1. The van der Waals surface area contributed by atoms with Gasteiger partial charge < -0.3 is 9.84 Å². The van der Waals surface area contributed by atoms with Crippen molar-refractivity contribution in [2.24, 2.45) is 7.05 Å². The van der Waals surface area contributed by atoms with Crippen LogP contribution >= 0.6 is 0 Å². The first-order valence-corrected chi connectivity index (χ1v) is 10.6. The van der Waals surface area contributed by atoms with E-state index in [-0.39, 0.29) is 25.3 Å². The predicted molar refractivity (Wildman–Crippen MR) is 118 cm³/mol. The first-order valence-electron chi connectivity index (χ1n) is 10.6. The van der Waals surface area contributed by atoms with E-state index in [1.165, 1.54) is 29.0 Å². The Hall–Kier alpha value is -3.28. The summed E-state index contributed by atoms with van der Waals surface area (Å²) in [6, 6.07) is 7.21. The standard InChI is InChI=1S/C23H24F3N5O3/c1-3-21(32)30-12-19(31-22(33)9-8-18(28-31)16-10-27-29(2)11-16)20(13-30)34-14-15-4-6-17(7-5-15)23(24,25)26/h3-11,19-21,32H,1,12-14H2,2H3/t19-,20-,21?/m1/s1. The molecule has 3 atom stereocenters. The Kier molecular flexibility index (Phi) is 6.69. The molecular weight excluding hydrogens is 451 g/mol. The van der Waals surface area contributed by atoms with Crippen LogP contribution in [0.3, 0.4) is 0 Å². The van der Waals surface area contributed by atoms with Gasteiger partial charge >= 0.3 is 6.18 Å². The molecule has 1 aromatic carbocycles. The molecule has 4 rings (SSSR count). The van der Waals surface area contributed by atoms with E-state index in [0.717, 1.165) is 17.7 Å². The predicted octanol–water partition coefficient (Wildman–Crippen LogP) is 2.61. The van der Waals surface area contributed by atoms with E-state index in [2.05, 4.69) is 16.8 Å². The second-order valence-electron chi connectivity index (χ2n) is 8.12. The topological polar surface area (TPSA) is 85.4 Å². The van der Waals surface area contributed by atoms with Gasteiger partial charge in [-0.15, -0.1) is 0 Å². The van der Waals surface area contributed by atoms with Gasteiger partial charge in [-0.1, -0.05) is 18.7 Å². The van der Waals surface area contributed by atoms with Crippen LogP contribution in [0.4, 0.5) is 13.2 Å². The molecule has 8 nitrogen and oxygen atoms in total. The highest BCUT2D eigenvalue weighted by Crippen LogP contribution is 2.30. The van der Waals surface area contributed by atoms with E-state index in [4.69, 9.17) is 4.74 Å². The van der Waals surface area contributed by atoms with Gasteiger partial charge in [-0.25, -0.2) is 4.68 Å². The van der Waals surface area contributed by atoms with Crippen LogP contribution in [0.2, 0.25) is 0 Å². The zero-order valence-electron chi connectivity index (χ0n) is 18.4. The van der Waals surface area contributed by atoms with Crippen LogP contribution in [0, 0.1) is 0 Å². The van der Waals surface area contributed by atoms with Gasteiger partial charge in [0.25, 0.3) is 5.56 Å². The van der Waals surface area contributed by atoms with Crippen LogP contribution in [-0.4, -0.2) is 55.0 Å². The lowest BCUT2D eigenvalue weighted by Gasteiger charge is -2.21. The third-order valence-corrected chi connectivity index (χ3v) is 5.74. The zero-order valence-corrected chi connectivity index (χ0v) is 18.4. The number of hydrogen-bond acceptors (Lipinski definition) is 6. The minimum atomic E-state index is -4.41. The molecule has 3 heterocycles. The van der Waals surface area contributed by atoms with Gasteiger partial charge in [0.05, 0.1) is 36.2 Å². The normalized spacial score (nSPS) is 19.9. The largest absolute Gasteiger partial charge is 0.416 e.